The van der Waals surface area contributed by atoms with Gasteiger partial charge in [0.05, 0.1) is 6.10 Å². The summed E-state index contributed by atoms with van der Waals surface area (Å²) < 4.78 is 6.33. The van der Waals surface area contributed by atoms with Crippen LogP contribution < -0.4 is 4.74 Å². The SMILES string of the molecule is CC1CCCCC/C=C(/c2c[nH]c3ccc(OC4CCCCC4)cc23)C1. The maximum Gasteiger partial charge on any atom is 0.120 e. The van der Waals surface area contributed by atoms with E-state index in [-0.39, 0.29) is 0 Å². The van der Waals surface area contributed by atoms with Crippen molar-refractivity contribution < 1.29 is 4.74 Å². The van der Waals surface area contributed by atoms with Crippen molar-refractivity contribution in [2.24, 2.45) is 5.92 Å². The molecule has 0 radical (unpaired) electrons. The molecule has 2 aromatic rings. The number of nitrogens with one attached hydrogen (secondary N) is 1. The lowest BCUT2D eigenvalue weighted by atomic mass is 9.92. The van der Waals surface area contributed by atoms with E-state index in [0.29, 0.717) is 6.10 Å². The highest BCUT2D eigenvalue weighted by Crippen LogP contribution is 2.35. The Balaban J connectivity index is 1.60. The average molecular weight is 352 g/mol. The van der Waals surface area contributed by atoms with E-state index in [1.165, 1.54) is 92.7 Å². The van der Waals surface area contributed by atoms with E-state index >= 15 is 0 Å². The first kappa shape index (κ1) is 17.7. The first-order valence-corrected chi connectivity index (χ1v) is 10.8. The predicted octanol–water partition coefficient (Wildman–Crippen LogP) is 7.25. The maximum absolute atomic E-state index is 6.33. The number of aromatic amines is 1. The second kappa shape index (κ2) is 8.33. The quantitative estimate of drug-likeness (QED) is 0.618. The number of hydrogen-bond acceptors (Lipinski definition) is 1. The molecule has 140 valence electrons. The predicted molar refractivity (Wildman–Crippen MR) is 111 cm³/mol. The van der Waals surface area contributed by atoms with Crippen molar-refractivity contribution in [2.45, 2.75) is 83.7 Å². The molecular weight excluding hydrogens is 318 g/mol. The van der Waals surface area contributed by atoms with E-state index < -0.39 is 0 Å². The molecule has 1 unspecified atom stereocenters. The molecule has 2 aliphatic rings. The van der Waals surface area contributed by atoms with Gasteiger partial charge in [0.2, 0.25) is 0 Å². The Labute approximate surface area is 158 Å². The first-order valence-electron chi connectivity index (χ1n) is 10.8. The molecule has 1 saturated carbocycles. The Morgan fingerprint density at radius 2 is 1.77 bits per heavy atom. The van der Waals surface area contributed by atoms with Crippen LogP contribution in [0.1, 0.15) is 83.1 Å². The zero-order valence-corrected chi connectivity index (χ0v) is 16.2. The van der Waals surface area contributed by atoms with E-state index in [2.05, 4.69) is 42.4 Å². The molecule has 1 aromatic heterocycles. The molecule has 2 nitrogen and oxygen atoms in total. The summed E-state index contributed by atoms with van der Waals surface area (Å²) in [5.41, 5.74) is 4.15. The van der Waals surface area contributed by atoms with Gasteiger partial charge in [-0.1, -0.05) is 38.7 Å². The van der Waals surface area contributed by atoms with Crippen LogP contribution in [0.3, 0.4) is 0 Å². The van der Waals surface area contributed by atoms with Crippen LogP contribution in [0, 0.1) is 5.92 Å². The lowest BCUT2D eigenvalue weighted by molar-refractivity contribution is 0.155. The van der Waals surface area contributed by atoms with Crippen molar-refractivity contribution in [3.63, 3.8) is 0 Å². The third-order valence-corrected chi connectivity index (χ3v) is 6.21. The summed E-state index contributed by atoms with van der Waals surface area (Å²) in [5.74, 6) is 1.81. The molecule has 26 heavy (non-hydrogen) atoms. The normalized spacial score (nSPS) is 25.1. The van der Waals surface area contributed by atoms with Crippen molar-refractivity contribution in [2.75, 3.05) is 0 Å². The summed E-state index contributed by atoms with van der Waals surface area (Å²) in [5, 5.41) is 1.33. The largest absolute Gasteiger partial charge is 0.490 e. The van der Waals surface area contributed by atoms with E-state index in [9.17, 15) is 0 Å². The molecule has 2 heteroatoms. The summed E-state index contributed by atoms with van der Waals surface area (Å²) >= 11 is 0. The number of fused-ring (bicyclic) bond motifs is 1. The van der Waals surface area contributed by atoms with Gasteiger partial charge in [0.1, 0.15) is 5.75 Å². The maximum atomic E-state index is 6.33. The van der Waals surface area contributed by atoms with Crippen molar-refractivity contribution >= 4 is 16.5 Å². The second-order valence-corrected chi connectivity index (χ2v) is 8.46. The monoisotopic (exact) mass is 351 g/mol. The van der Waals surface area contributed by atoms with Gasteiger partial charge in [-0.05, 0) is 74.6 Å². The number of benzene rings is 1. The van der Waals surface area contributed by atoms with Gasteiger partial charge >= 0.3 is 0 Å². The molecule has 0 saturated heterocycles. The molecule has 1 fully saturated rings. The zero-order valence-electron chi connectivity index (χ0n) is 16.2. The highest BCUT2D eigenvalue weighted by Gasteiger charge is 2.17. The molecule has 2 aliphatic carbocycles. The summed E-state index contributed by atoms with van der Waals surface area (Å²) in [4.78, 5) is 3.49. The third kappa shape index (κ3) is 4.16. The number of H-pyrrole nitrogens is 1. The number of aromatic nitrogens is 1. The van der Waals surface area contributed by atoms with Crippen LogP contribution in [0.5, 0.6) is 5.75 Å². The smallest absolute Gasteiger partial charge is 0.120 e. The molecule has 1 atom stereocenters. The highest BCUT2D eigenvalue weighted by atomic mass is 16.5. The Morgan fingerprint density at radius 3 is 2.65 bits per heavy atom. The minimum Gasteiger partial charge on any atom is -0.490 e. The summed E-state index contributed by atoms with van der Waals surface area (Å²) in [6.07, 6.45) is 19.4. The van der Waals surface area contributed by atoms with Gasteiger partial charge in [0.25, 0.3) is 0 Å². The van der Waals surface area contributed by atoms with Crippen LogP contribution in [0.4, 0.5) is 0 Å². The van der Waals surface area contributed by atoms with Crippen LogP contribution in [0.2, 0.25) is 0 Å². The minimum absolute atomic E-state index is 0.410. The summed E-state index contributed by atoms with van der Waals surface area (Å²) in [6, 6.07) is 6.60. The Kier molecular flexibility index (Phi) is 5.67. The fourth-order valence-electron chi connectivity index (χ4n) is 4.69. The molecule has 0 bridgehead atoms. The summed E-state index contributed by atoms with van der Waals surface area (Å²) in [6.45, 7) is 2.41. The van der Waals surface area contributed by atoms with Crippen molar-refractivity contribution in [1.82, 2.24) is 4.98 Å². The average Bonchev–Trinajstić information content (AvgIpc) is 3.10. The van der Waals surface area contributed by atoms with Gasteiger partial charge in [-0.3, -0.25) is 0 Å². The second-order valence-electron chi connectivity index (χ2n) is 8.46. The van der Waals surface area contributed by atoms with Crippen LogP contribution >= 0.6 is 0 Å². The molecular formula is C24H33NO. The number of allylic oxidation sites excluding steroid dienone is 2. The van der Waals surface area contributed by atoms with E-state index in [1.54, 1.807) is 0 Å². The molecule has 0 spiro atoms. The molecule has 1 heterocycles. The minimum atomic E-state index is 0.410. The van der Waals surface area contributed by atoms with Gasteiger partial charge in [0, 0.05) is 22.7 Å². The molecule has 0 aliphatic heterocycles. The van der Waals surface area contributed by atoms with Gasteiger partial charge in [-0.25, -0.2) is 0 Å². The number of hydrogen-bond donors (Lipinski definition) is 1. The van der Waals surface area contributed by atoms with E-state index in [0.717, 1.165) is 11.7 Å². The van der Waals surface area contributed by atoms with Crippen molar-refractivity contribution in [3.8, 4) is 5.75 Å². The zero-order chi connectivity index (χ0) is 17.8. The molecule has 1 aromatic carbocycles. The number of ether oxygens (including phenoxy) is 1. The van der Waals surface area contributed by atoms with Gasteiger partial charge in [0.15, 0.2) is 0 Å². The standard InChI is InChI=1S/C24H33NO/c1-18-9-5-2-3-6-10-19(15-18)23-17-25-24-14-13-21(16-22(23)24)26-20-11-7-4-8-12-20/h10,13-14,16-18,20,25H,2-9,11-12,15H2,1H3/b19-10+. The van der Waals surface area contributed by atoms with Gasteiger partial charge in [-0.15, -0.1) is 0 Å². The van der Waals surface area contributed by atoms with Gasteiger partial charge in [-0.2, -0.15) is 0 Å². The number of rotatable bonds is 3. The fraction of sp³-hybridized carbons (Fsp3) is 0.583. The topological polar surface area (TPSA) is 25.0 Å². The van der Waals surface area contributed by atoms with E-state index in [1.807, 2.05) is 0 Å². The lowest BCUT2D eigenvalue weighted by Crippen LogP contribution is -2.19. The fourth-order valence-corrected chi connectivity index (χ4v) is 4.69. The van der Waals surface area contributed by atoms with Crippen LogP contribution in [0.25, 0.3) is 16.5 Å². The Bertz CT molecular complexity index is 751. The van der Waals surface area contributed by atoms with Crippen molar-refractivity contribution in [3.05, 3.63) is 36.0 Å². The lowest BCUT2D eigenvalue weighted by Gasteiger charge is -2.23. The van der Waals surface area contributed by atoms with E-state index in [4.69, 9.17) is 4.74 Å². The van der Waals surface area contributed by atoms with Crippen LogP contribution in [-0.2, 0) is 0 Å². The summed E-state index contributed by atoms with van der Waals surface area (Å²) in [7, 11) is 0. The Hall–Kier alpha value is -1.70. The molecule has 0 amide bonds. The van der Waals surface area contributed by atoms with Crippen LogP contribution in [-0.4, -0.2) is 11.1 Å². The molecule has 1 N–H and O–H groups in total. The van der Waals surface area contributed by atoms with Gasteiger partial charge < -0.3 is 9.72 Å². The highest BCUT2D eigenvalue weighted by molar-refractivity contribution is 5.93. The third-order valence-electron chi connectivity index (χ3n) is 6.21. The van der Waals surface area contributed by atoms with Crippen molar-refractivity contribution in [1.29, 1.82) is 0 Å². The first-order chi connectivity index (χ1) is 12.8. The molecule has 4 rings (SSSR count). The van der Waals surface area contributed by atoms with Crippen LogP contribution in [0.15, 0.2) is 30.5 Å². The Morgan fingerprint density at radius 1 is 0.962 bits per heavy atom.